The fourth-order valence-electron chi connectivity index (χ4n) is 3.21. The van der Waals surface area contributed by atoms with E-state index in [0.717, 1.165) is 23.3 Å². The Morgan fingerprint density at radius 2 is 1.03 bits per heavy atom. The van der Waals surface area contributed by atoms with Crippen LogP contribution in [0.2, 0.25) is 0 Å². The third-order valence-electron chi connectivity index (χ3n) is 4.98. The smallest absolute Gasteiger partial charge is 0.331 e. The van der Waals surface area contributed by atoms with Crippen molar-refractivity contribution in [1.82, 2.24) is 21.3 Å². The van der Waals surface area contributed by atoms with Crippen LogP contribution in [-0.2, 0) is 31.9 Å². The summed E-state index contributed by atoms with van der Waals surface area (Å²) in [5.41, 5.74) is 1.92. The van der Waals surface area contributed by atoms with E-state index in [1.54, 1.807) is 0 Å². The number of amides is 4. The number of nitrogens with one attached hydrogen (secondary N) is 4. The van der Waals surface area contributed by atoms with Crippen LogP contribution in [0.1, 0.15) is 11.1 Å². The average Bonchev–Trinajstić information content (AvgIpc) is 2.90. The zero-order valence-corrected chi connectivity index (χ0v) is 20.4. The molecule has 0 saturated heterocycles. The lowest BCUT2D eigenvalue weighted by Gasteiger charge is -2.18. The van der Waals surface area contributed by atoms with Crippen molar-refractivity contribution >= 4 is 24.0 Å². The van der Waals surface area contributed by atoms with E-state index in [-0.39, 0.29) is 13.2 Å². The first-order valence-corrected chi connectivity index (χ1v) is 11.5. The molecule has 0 unspecified atom stereocenters. The molecule has 0 aromatic heterocycles. The molecule has 10 heteroatoms. The van der Waals surface area contributed by atoms with Crippen LogP contribution in [0.3, 0.4) is 0 Å². The maximum absolute atomic E-state index is 12.1. The van der Waals surface area contributed by atoms with Gasteiger partial charge < -0.3 is 30.7 Å². The van der Waals surface area contributed by atoms with Gasteiger partial charge in [0.25, 0.3) is 0 Å². The van der Waals surface area contributed by atoms with Gasteiger partial charge in [0.15, 0.2) is 0 Å². The van der Waals surface area contributed by atoms with Crippen molar-refractivity contribution in [3.8, 4) is 0 Å². The zero-order chi connectivity index (χ0) is 26.2. The number of rotatable bonds is 12. The first kappa shape index (κ1) is 27.9. The average molecular weight is 497 g/mol. The highest BCUT2D eigenvalue weighted by molar-refractivity contribution is 5.91. The molecule has 0 aliphatic rings. The molecule has 10 nitrogen and oxygen atoms in total. The predicted octanol–water partition coefficient (Wildman–Crippen LogP) is 1.71. The van der Waals surface area contributed by atoms with Crippen molar-refractivity contribution in [2.24, 2.45) is 0 Å². The normalized spacial score (nSPS) is 12.2. The molecule has 0 heterocycles. The third kappa shape index (κ3) is 11.2. The van der Waals surface area contributed by atoms with Gasteiger partial charge in [0.05, 0.1) is 12.1 Å². The maximum Gasteiger partial charge on any atom is 0.331 e. The van der Waals surface area contributed by atoms with E-state index in [1.165, 1.54) is 14.1 Å². The van der Waals surface area contributed by atoms with Crippen LogP contribution in [0.5, 0.6) is 0 Å². The number of hydrogen-bond acceptors (Lipinski definition) is 6. The summed E-state index contributed by atoms with van der Waals surface area (Å²) in [6.45, 7) is -0.175. The summed E-state index contributed by atoms with van der Waals surface area (Å²) in [6, 6.07) is 17.1. The summed E-state index contributed by atoms with van der Waals surface area (Å²) in [4.78, 5) is 47.7. The molecule has 4 N–H and O–H groups in total. The van der Waals surface area contributed by atoms with E-state index in [4.69, 9.17) is 9.47 Å². The van der Waals surface area contributed by atoms with Gasteiger partial charge in [-0.2, -0.15) is 0 Å². The standard InChI is InChI=1S/C26H32N4O6/c1-27-25(33)29-21(15-19-9-5-3-6-10-19)17-35-23(31)13-14-24(32)36-18-22(30-26(34)28-2)16-20-11-7-4-8-12-20/h3-14,21-22H,15-18H2,1-2H3,(H2,27,29,33)(H2,28,30,34)/b14-13+/t21-,22-/m0/s1. The van der Waals surface area contributed by atoms with Gasteiger partial charge in [0.1, 0.15) is 13.2 Å². The van der Waals surface area contributed by atoms with Crippen molar-refractivity contribution in [2.75, 3.05) is 27.3 Å². The second-order valence-corrected chi connectivity index (χ2v) is 7.81. The van der Waals surface area contributed by atoms with Gasteiger partial charge in [-0.3, -0.25) is 0 Å². The lowest BCUT2D eigenvalue weighted by molar-refractivity contribution is -0.141. The molecule has 2 aromatic rings. The Hall–Kier alpha value is -4.34. The molecule has 0 aliphatic carbocycles. The third-order valence-corrected chi connectivity index (χ3v) is 4.98. The number of benzene rings is 2. The Bertz CT molecular complexity index is 932. The lowest BCUT2D eigenvalue weighted by Crippen LogP contribution is -2.44. The molecule has 2 aromatic carbocycles. The SMILES string of the molecule is CNC(=O)N[C@H](COC(=O)/C=C/C(=O)OC[C@H](Cc1ccccc1)NC(=O)NC)Cc1ccccc1. The largest absolute Gasteiger partial charge is 0.460 e. The Morgan fingerprint density at radius 1 is 0.667 bits per heavy atom. The monoisotopic (exact) mass is 496 g/mol. The van der Waals surface area contributed by atoms with E-state index in [2.05, 4.69) is 21.3 Å². The number of urea groups is 2. The molecule has 0 spiro atoms. The van der Waals surface area contributed by atoms with Gasteiger partial charge in [-0.05, 0) is 24.0 Å². The number of hydrogen-bond donors (Lipinski definition) is 4. The first-order valence-electron chi connectivity index (χ1n) is 11.5. The molecule has 2 atom stereocenters. The van der Waals surface area contributed by atoms with E-state index >= 15 is 0 Å². The van der Waals surface area contributed by atoms with Gasteiger partial charge in [-0.1, -0.05) is 60.7 Å². The Labute approximate surface area is 210 Å². The number of ether oxygens (including phenoxy) is 2. The van der Waals surface area contributed by atoms with E-state index < -0.39 is 36.1 Å². The molecule has 2 rings (SSSR count). The van der Waals surface area contributed by atoms with Crippen LogP contribution in [0.4, 0.5) is 9.59 Å². The molecule has 4 amide bonds. The number of carbonyl (C=O) groups excluding carboxylic acids is 4. The number of esters is 2. The van der Waals surface area contributed by atoms with Crippen molar-refractivity contribution in [3.05, 3.63) is 83.9 Å². The van der Waals surface area contributed by atoms with Gasteiger partial charge in [0.2, 0.25) is 0 Å². The Kier molecular flexibility index (Phi) is 12.0. The summed E-state index contributed by atoms with van der Waals surface area (Å²) >= 11 is 0. The highest BCUT2D eigenvalue weighted by Gasteiger charge is 2.16. The van der Waals surface area contributed by atoms with Crippen LogP contribution in [-0.4, -0.2) is 63.4 Å². The Morgan fingerprint density at radius 3 is 1.36 bits per heavy atom. The summed E-state index contributed by atoms with van der Waals surface area (Å²) in [7, 11) is 2.98. The highest BCUT2D eigenvalue weighted by atomic mass is 16.5. The quantitative estimate of drug-likeness (QED) is 0.261. The van der Waals surface area contributed by atoms with Crippen molar-refractivity contribution in [1.29, 1.82) is 0 Å². The lowest BCUT2D eigenvalue weighted by atomic mass is 10.1. The second kappa shape index (κ2) is 15.5. The topological polar surface area (TPSA) is 135 Å². The Balaban J connectivity index is 1.85. The molecule has 192 valence electrons. The van der Waals surface area contributed by atoms with Crippen molar-refractivity contribution < 1.29 is 28.7 Å². The molecule has 0 aliphatic heterocycles. The molecule has 0 bridgehead atoms. The van der Waals surface area contributed by atoms with E-state index in [1.807, 2.05) is 60.7 Å². The minimum Gasteiger partial charge on any atom is -0.460 e. The minimum absolute atomic E-state index is 0.0876. The molecule has 0 saturated carbocycles. The van der Waals surface area contributed by atoms with Gasteiger partial charge in [-0.25, -0.2) is 19.2 Å². The molecule has 36 heavy (non-hydrogen) atoms. The fraction of sp³-hybridized carbons (Fsp3) is 0.308. The predicted molar refractivity (Wildman–Crippen MR) is 134 cm³/mol. The molecular weight excluding hydrogens is 464 g/mol. The van der Waals surface area contributed by atoms with Crippen molar-refractivity contribution in [2.45, 2.75) is 24.9 Å². The van der Waals surface area contributed by atoms with Crippen LogP contribution < -0.4 is 21.3 Å². The summed E-state index contributed by atoms with van der Waals surface area (Å²) in [5, 5.41) is 10.4. The van der Waals surface area contributed by atoms with Gasteiger partial charge in [-0.15, -0.1) is 0 Å². The van der Waals surface area contributed by atoms with Gasteiger partial charge >= 0.3 is 24.0 Å². The van der Waals surface area contributed by atoms with E-state index in [9.17, 15) is 19.2 Å². The van der Waals surface area contributed by atoms with Gasteiger partial charge in [0, 0.05) is 26.2 Å². The van der Waals surface area contributed by atoms with E-state index in [0.29, 0.717) is 12.8 Å². The first-order chi connectivity index (χ1) is 17.4. The second-order valence-electron chi connectivity index (χ2n) is 7.81. The molecule has 0 fully saturated rings. The summed E-state index contributed by atoms with van der Waals surface area (Å²) in [6.07, 6.45) is 2.82. The van der Waals surface area contributed by atoms with Crippen LogP contribution in [0.25, 0.3) is 0 Å². The molecule has 0 radical (unpaired) electrons. The van der Waals surface area contributed by atoms with Crippen molar-refractivity contribution in [3.63, 3.8) is 0 Å². The summed E-state index contributed by atoms with van der Waals surface area (Å²) in [5.74, 6) is -1.51. The summed E-state index contributed by atoms with van der Waals surface area (Å²) < 4.78 is 10.4. The minimum atomic E-state index is -0.756. The van der Waals surface area contributed by atoms with Crippen LogP contribution >= 0.6 is 0 Å². The fourth-order valence-corrected chi connectivity index (χ4v) is 3.21. The highest BCUT2D eigenvalue weighted by Crippen LogP contribution is 2.05. The van der Waals surface area contributed by atoms with Crippen LogP contribution in [0.15, 0.2) is 72.8 Å². The maximum atomic E-state index is 12.1. The number of carbonyl (C=O) groups is 4. The van der Waals surface area contributed by atoms with Crippen LogP contribution in [0, 0.1) is 0 Å². The zero-order valence-electron chi connectivity index (χ0n) is 20.4. The molecular formula is C26H32N4O6.